The maximum absolute atomic E-state index is 12.3. The first kappa shape index (κ1) is 33.6. The second-order valence-electron chi connectivity index (χ2n) is 10.4. The third kappa shape index (κ3) is 12.3. The Morgan fingerprint density at radius 3 is 1.19 bits per heavy atom. The Labute approximate surface area is 250 Å². The lowest BCUT2D eigenvalue weighted by Gasteiger charge is -2.11. The Morgan fingerprint density at radius 1 is 0.595 bits per heavy atom. The smallest absolute Gasteiger partial charge is 0.348 e. The molecule has 0 aliphatic heterocycles. The molecule has 0 fully saturated rings. The van der Waals surface area contributed by atoms with Crippen molar-refractivity contribution in [2.45, 2.75) is 51.4 Å². The topological polar surface area (TPSA) is 107 Å². The highest BCUT2D eigenvalue weighted by Gasteiger charge is 2.12. The highest BCUT2D eigenvalue weighted by Crippen LogP contribution is 2.17. The van der Waals surface area contributed by atoms with Gasteiger partial charge < -0.3 is 19.3 Å². The zero-order valence-corrected chi connectivity index (χ0v) is 25.3. The summed E-state index contributed by atoms with van der Waals surface area (Å²) >= 11 is 0. The van der Waals surface area contributed by atoms with Crippen LogP contribution in [0.5, 0.6) is 0 Å². The number of unbranched alkanes of at least 4 members (excludes halogenated alkanes) is 7. The van der Waals surface area contributed by atoms with Crippen molar-refractivity contribution in [3.8, 4) is 12.1 Å². The number of anilines is 2. The van der Waals surface area contributed by atoms with Crippen molar-refractivity contribution in [1.82, 2.24) is 0 Å². The van der Waals surface area contributed by atoms with Crippen molar-refractivity contribution in [3.63, 3.8) is 0 Å². The van der Waals surface area contributed by atoms with Crippen LogP contribution >= 0.6 is 0 Å². The van der Waals surface area contributed by atoms with Gasteiger partial charge in [0.15, 0.2) is 0 Å². The van der Waals surface area contributed by atoms with Crippen LogP contribution in [-0.2, 0) is 19.1 Å². The lowest BCUT2D eigenvalue weighted by molar-refractivity contribution is -0.139. The van der Waals surface area contributed by atoms with Crippen LogP contribution in [0, 0.1) is 22.7 Å². The van der Waals surface area contributed by atoms with Gasteiger partial charge in [-0.1, -0.05) is 62.8 Å². The second kappa shape index (κ2) is 18.7. The Bertz CT molecular complexity index is 1180. The molecule has 0 bridgehead atoms. The second-order valence-corrected chi connectivity index (χ2v) is 10.4. The molecule has 0 N–H and O–H groups in total. The van der Waals surface area contributed by atoms with E-state index in [0.29, 0.717) is 13.2 Å². The quantitative estimate of drug-likeness (QED) is 0.0913. The van der Waals surface area contributed by atoms with E-state index in [2.05, 4.69) is 0 Å². The fraction of sp³-hybridized carbons (Fsp3) is 0.412. The van der Waals surface area contributed by atoms with Crippen molar-refractivity contribution in [1.29, 1.82) is 10.5 Å². The van der Waals surface area contributed by atoms with Gasteiger partial charge in [0.25, 0.3) is 0 Å². The number of carbonyl (C=O) groups excluding carboxylic acids is 2. The van der Waals surface area contributed by atoms with E-state index in [1.165, 1.54) is 0 Å². The molecule has 8 heteroatoms. The molecule has 0 radical (unpaired) electrons. The number of nitriles is 2. The number of carbonyl (C=O) groups is 2. The van der Waals surface area contributed by atoms with Crippen LogP contribution in [0.2, 0.25) is 0 Å². The molecule has 0 aromatic heterocycles. The highest BCUT2D eigenvalue weighted by atomic mass is 16.5. The van der Waals surface area contributed by atoms with Crippen molar-refractivity contribution in [3.05, 3.63) is 70.8 Å². The molecule has 0 amide bonds. The van der Waals surface area contributed by atoms with Gasteiger partial charge in [0.05, 0.1) is 13.2 Å². The molecule has 0 aliphatic rings. The van der Waals surface area contributed by atoms with E-state index in [9.17, 15) is 20.1 Å². The lowest BCUT2D eigenvalue weighted by atomic mass is 10.1. The number of esters is 2. The molecule has 0 aliphatic carbocycles. The summed E-state index contributed by atoms with van der Waals surface area (Å²) in [5, 5.41) is 18.7. The summed E-state index contributed by atoms with van der Waals surface area (Å²) in [5.74, 6) is -1.18. The molecule has 222 valence electrons. The van der Waals surface area contributed by atoms with E-state index in [1.807, 2.05) is 98.7 Å². The van der Waals surface area contributed by atoms with E-state index in [4.69, 9.17) is 9.47 Å². The van der Waals surface area contributed by atoms with Crippen molar-refractivity contribution in [2.24, 2.45) is 0 Å². The summed E-state index contributed by atoms with van der Waals surface area (Å²) in [7, 11) is 7.80. The first-order chi connectivity index (χ1) is 20.2. The summed E-state index contributed by atoms with van der Waals surface area (Å²) < 4.78 is 10.6. The maximum Gasteiger partial charge on any atom is 0.348 e. The van der Waals surface area contributed by atoms with Crippen LogP contribution in [0.3, 0.4) is 0 Å². The van der Waals surface area contributed by atoms with Crippen molar-refractivity contribution >= 4 is 35.5 Å². The van der Waals surface area contributed by atoms with E-state index >= 15 is 0 Å². The number of hydrogen-bond donors (Lipinski definition) is 0. The fourth-order valence-electron chi connectivity index (χ4n) is 4.09. The fourth-order valence-corrected chi connectivity index (χ4v) is 4.09. The molecule has 0 spiro atoms. The molecule has 8 nitrogen and oxygen atoms in total. The van der Waals surface area contributed by atoms with Crippen molar-refractivity contribution in [2.75, 3.05) is 51.2 Å². The van der Waals surface area contributed by atoms with Crippen LogP contribution in [-0.4, -0.2) is 53.3 Å². The molecule has 0 unspecified atom stereocenters. The number of benzene rings is 2. The normalized spacial score (nSPS) is 11.3. The summed E-state index contributed by atoms with van der Waals surface area (Å²) in [6, 6.07) is 19.0. The maximum atomic E-state index is 12.3. The summed E-state index contributed by atoms with van der Waals surface area (Å²) in [5.41, 5.74) is 3.61. The van der Waals surface area contributed by atoms with Gasteiger partial charge in [0.2, 0.25) is 0 Å². The SMILES string of the molecule is CN(C)c1ccc(C=C(C#N)C(=O)OCCCCCCCCCCOC(=O)C(C#N)=Cc2ccc(N(C)C)cc2)cc1. The van der Waals surface area contributed by atoms with Gasteiger partial charge in [-0.3, -0.25) is 0 Å². The minimum atomic E-state index is -0.592. The van der Waals surface area contributed by atoms with Gasteiger partial charge in [-0.2, -0.15) is 10.5 Å². The first-order valence-electron chi connectivity index (χ1n) is 14.4. The van der Waals surface area contributed by atoms with E-state index in [-0.39, 0.29) is 11.1 Å². The van der Waals surface area contributed by atoms with Gasteiger partial charge in [-0.25, -0.2) is 9.59 Å². The van der Waals surface area contributed by atoms with Gasteiger partial charge >= 0.3 is 11.9 Å². The monoisotopic (exact) mass is 570 g/mol. The minimum Gasteiger partial charge on any atom is -0.462 e. The molecule has 2 aromatic rings. The molecule has 0 atom stereocenters. The van der Waals surface area contributed by atoms with E-state index in [1.54, 1.807) is 12.2 Å². The Morgan fingerprint density at radius 2 is 0.905 bits per heavy atom. The Balaban J connectivity index is 1.54. The van der Waals surface area contributed by atoms with Gasteiger partial charge in [0.1, 0.15) is 23.3 Å². The van der Waals surface area contributed by atoms with Gasteiger partial charge in [0, 0.05) is 39.6 Å². The average Bonchev–Trinajstić information content (AvgIpc) is 2.99. The molecule has 42 heavy (non-hydrogen) atoms. The zero-order valence-electron chi connectivity index (χ0n) is 25.3. The zero-order chi connectivity index (χ0) is 30.7. The van der Waals surface area contributed by atoms with Crippen LogP contribution in [0.4, 0.5) is 11.4 Å². The van der Waals surface area contributed by atoms with Crippen LogP contribution in [0.1, 0.15) is 62.5 Å². The predicted octanol–water partition coefficient (Wildman–Crippen LogP) is 6.54. The van der Waals surface area contributed by atoms with Crippen LogP contribution in [0.15, 0.2) is 59.7 Å². The summed E-state index contributed by atoms with van der Waals surface area (Å²) in [6.07, 6.45) is 10.7. The van der Waals surface area contributed by atoms with Crippen LogP contribution in [0.25, 0.3) is 12.2 Å². The summed E-state index contributed by atoms with van der Waals surface area (Å²) in [6.45, 7) is 0.590. The van der Waals surface area contributed by atoms with Gasteiger partial charge in [-0.05, 0) is 60.4 Å². The molecular weight excluding hydrogens is 528 g/mol. The molecule has 0 saturated carbocycles. The largest absolute Gasteiger partial charge is 0.462 e. The molecule has 2 aromatic carbocycles. The number of hydrogen-bond acceptors (Lipinski definition) is 8. The highest BCUT2D eigenvalue weighted by molar-refractivity contribution is 5.98. The number of ether oxygens (including phenoxy) is 2. The minimum absolute atomic E-state index is 0.00643. The van der Waals surface area contributed by atoms with Gasteiger partial charge in [-0.15, -0.1) is 0 Å². The predicted molar refractivity (Wildman–Crippen MR) is 168 cm³/mol. The third-order valence-electron chi connectivity index (χ3n) is 6.63. The first-order valence-corrected chi connectivity index (χ1v) is 14.4. The lowest BCUT2D eigenvalue weighted by Crippen LogP contribution is -2.09. The third-order valence-corrected chi connectivity index (χ3v) is 6.63. The van der Waals surface area contributed by atoms with E-state index < -0.39 is 11.9 Å². The molecule has 2 rings (SSSR count). The molecule has 0 heterocycles. The molecule has 0 saturated heterocycles. The molecular formula is C34H42N4O4. The Kier molecular flexibility index (Phi) is 15.0. The van der Waals surface area contributed by atoms with Crippen molar-refractivity contribution < 1.29 is 19.1 Å². The summed E-state index contributed by atoms with van der Waals surface area (Å²) in [4.78, 5) is 28.5. The Hall–Kier alpha value is -4.56. The number of nitrogens with zero attached hydrogens (tertiary/aromatic N) is 4. The van der Waals surface area contributed by atoms with E-state index in [0.717, 1.165) is 73.9 Å². The number of rotatable bonds is 17. The average molecular weight is 571 g/mol. The standard InChI is InChI=1S/C34H42N4O4/c1-37(2)31-17-13-27(14-18-31)23-29(25-35)33(39)41-21-11-9-7-5-6-8-10-12-22-42-34(40)30(26-36)24-28-15-19-32(20-16-28)38(3)4/h13-20,23-24H,5-12,21-22H2,1-4H3. The van der Waals surface area contributed by atoms with Crippen LogP contribution < -0.4 is 9.80 Å².